The zero-order chi connectivity index (χ0) is 19.9. The Bertz CT molecular complexity index is 1100. The Morgan fingerprint density at radius 1 is 1.14 bits per heavy atom. The molecule has 0 N–H and O–H groups in total. The van der Waals surface area contributed by atoms with Gasteiger partial charge in [-0.3, -0.25) is 0 Å². The van der Waals surface area contributed by atoms with Crippen molar-refractivity contribution in [3.8, 4) is 0 Å². The largest absolute Gasteiger partial charge is 0.371 e. The minimum Gasteiger partial charge on any atom is -0.371 e. The highest BCUT2D eigenvalue weighted by Gasteiger charge is 2.32. The van der Waals surface area contributed by atoms with Gasteiger partial charge in [0, 0.05) is 32.4 Å². The van der Waals surface area contributed by atoms with E-state index in [2.05, 4.69) is 27.3 Å². The third-order valence-corrected chi connectivity index (χ3v) is 7.46. The number of aromatic nitrogens is 2. The van der Waals surface area contributed by atoms with Gasteiger partial charge in [-0.2, -0.15) is 0 Å². The molecule has 1 unspecified atom stereocenters. The Balaban J connectivity index is 1.56. The van der Waals surface area contributed by atoms with Gasteiger partial charge in [-0.15, -0.1) is 0 Å². The smallest absolute Gasteiger partial charge is 0.245 e. The highest BCUT2D eigenvalue weighted by molar-refractivity contribution is 7.89. The first-order chi connectivity index (χ1) is 13.4. The number of nitrogens with zero attached hydrogens (tertiary/aromatic N) is 4. The van der Waals surface area contributed by atoms with E-state index in [1.54, 1.807) is 14.0 Å². The van der Waals surface area contributed by atoms with Crippen LogP contribution >= 0.6 is 0 Å². The number of rotatable bonds is 5. The molecule has 148 valence electrons. The molecule has 4 rings (SSSR count). The van der Waals surface area contributed by atoms with Crippen LogP contribution < -0.4 is 4.90 Å². The summed E-state index contributed by atoms with van der Waals surface area (Å²) in [6.07, 6.45) is 0.961. The van der Waals surface area contributed by atoms with E-state index >= 15 is 0 Å². The predicted molar refractivity (Wildman–Crippen MR) is 108 cm³/mol. The van der Waals surface area contributed by atoms with Gasteiger partial charge in [-0.05, 0) is 59.8 Å². The highest BCUT2D eigenvalue weighted by Crippen LogP contribution is 2.30. The van der Waals surface area contributed by atoms with Gasteiger partial charge in [0.2, 0.25) is 10.0 Å². The first kappa shape index (κ1) is 18.9. The average Bonchev–Trinajstić information content (AvgIpc) is 3.32. The summed E-state index contributed by atoms with van der Waals surface area (Å²) in [6, 6.07) is 12.0. The van der Waals surface area contributed by atoms with E-state index in [9.17, 15) is 8.42 Å². The van der Waals surface area contributed by atoms with E-state index in [4.69, 9.17) is 4.63 Å². The minimum absolute atomic E-state index is 0.190. The normalized spacial score (nSPS) is 17.7. The maximum atomic E-state index is 13.3. The summed E-state index contributed by atoms with van der Waals surface area (Å²) in [4.78, 5) is 2.50. The van der Waals surface area contributed by atoms with E-state index in [1.807, 2.05) is 31.2 Å². The number of benzene rings is 2. The molecule has 1 saturated heterocycles. The topological polar surface area (TPSA) is 79.5 Å². The molecule has 1 aliphatic rings. The molecule has 0 spiro atoms. The van der Waals surface area contributed by atoms with E-state index in [1.165, 1.54) is 9.99 Å². The maximum Gasteiger partial charge on any atom is 0.245 e. The van der Waals surface area contributed by atoms with Crippen LogP contribution in [0.1, 0.15) is 17.5 Å². The number of hydrogen-bond donors (Lipinski definition) is 0. The van der Waals surface area contributed by atoms with Crippen LogP contribution in [0.15, 0.2) is 45.9 Å². The lowest BCUT2D eigenvalue weighted by molar-refractivity contribution is 0.314. The van der Waals surface area contributed by atoms with Gasteiger partial charge in [-0.1, -0.05) is 24.3 Å². The summed E-state index contributed by atoms with van der Waals surface area (Å²) < 4.78 is 32.9. The Labute approximate surface area is 165 Å². The fourth-order valence-corrected chi connectivity index (χ4v) is 5.60. The maximum absolute atomic E-state index is 13.3. The van der Waals surface area contributed by atoms with E-state index in [0.29, 0.717) is 23.1 Å². The van der Waals surface area contributed by atoms with Gasteiger partial charge < -0.3 is 4.90 Å². The lowest BCUT2D eigenvalue weighted by atomic mass is 10.1. The van der Waals surface area contributed by atoms with Crippen LogP contribution in [-0.4, -0.2) is 49.7 Å². The van der Waals surface area contributed by atoms with Crippen molar-refractivity contribution in [1.29, 1.82) is 0 Å². The van der Waals surface area contributed by atoms with Crippen molar-refractivity contribution in [1.82, 2.24) is 14.6 Å². The van der Waals surface area contributed by atoms with Crippen LogP contribution in [0.5, 0.6) is 0 Å². The number of sulfonamides is 1. The van der Waals surface area contributed by atoms with Crippen LogP contribution in [0.25, 0.3) is 11.0 Å². The Kier molecular flexibility index (Phi) is 4.84. The highest BCUT2D eigenvalue weighted by atomic mass is 32.2. The van der Waals surface area contributed by atoms with Crippen molar-refractivity contribution in [3.05, 3.63) is 47.5 Å². The Hall–Kier alpha value is -2.45. The first-order valence-electron chi connectivity index (χ1n) is 9.36. The molecule has 2 heterocycles. The summed E-state index contributed by atoms with van der Waals surface area (Å²) in [5, 5.41) is 7.74. The zero-order valence-electron chi connectivity index (χ0n) is 16.3. The van der Waals surface area contributed by atoms with E-state index < -0.39 is 10.0 Å². The number of anilines is 1. The summed E-state index contributed by atoms with van der Waals surface area (Å²) in [7, 11) is -2.06. The van der Waals surface area contributed by atoms with E-state index in [-0.39, 0.29) is 10.8 Å². The number of fused-ring (bicyclic) bond motifs is 1. The van der Waals surface area contributed by atoms with Gasteiger partial charge in [-0.25, -0.2) is 17.4 Å². The molecule has 1 fully saturated rings. The van der Waals surface area contributed by atoms with Gasteiger partial charge in [0.1, 0.15) is 10.4 Å². The number of para-hydroxylation sites is 1. The first-order valence-corrected chi connectivity index (χ1v) is 10.8. The molecule has 2 aromatic carbocycles. The SMILES string of the molecule is Cc1cc(C)c2nonc2c1S(=O)(=O)N(C)CC1CCN(c2ccccc2)C1. The minimum atomic E-state index is -3.70. The van der Waals surface area contributed by atoms with Crippen molar-refractivity contribution in [2.45, 2.75) is 25.2 Å². The molecule has 0 saturated carbocycles. The van der Waals surface area contributed by atoms with E-state index in [0.717, 1.165) is 25.1 Å². The molecule has 0 bridgehead atoms. The second-order valence-corrected chi connectivity index (χ2v) is 9.50. The molecule has 0 amide bonds. The third-order valence-electron chi connectivity index (χ3n) is 5.46. The van der Waals surface area contributed by atoms with Crippen molar-refractivity contribution in [2.24, 2.45) is 5.92 Å². The van der Waals surface area contributed by atoms with Gasteiger partial charge in [0.25, 0.3) is 0 Å². The fourth-order valence-electron chi connectivity index (χ4n) is 4.04. The molecule has 1 aromatic heterocycles. The molecule has 8 heteroatoms. The molecule has 3 aromatic rings. The Morgan fingerprint density at radius 3 is 2.61 bits per heavy atom. The molecular weight excluding hydrogens is 376 g/mol. The van der Waals surface area contributed by atoms with Crippen LogP contribution in [0, 0.1) is 19.8 Å². The lowest BCUT2D eigenvalue weighted by Crippen LogP contribution is -2.33. The van der Waals surface area contributed by atoms with Crippen LogP contribution in [0.2, 0.25) is 0 Å². The lowest BCUT2D eigenvalue weighted by Gasteiger charge is -2.23. The second kappa shape index (κ2) is 7.18. The van der Waals surface area contributed by atoms with Crippen LogP contribution in [0.4, 0.5) is 5.69 Å². The molecular formula is C20H24N4O3S. The van der Waals surface area contributed by atoms with Gasteiger partial charge in [0.15, 0.2) is 5.52 Å². The summed E-state index contributed by atoms with van der Waals surface area (Å²) in [5.74, 6) is 0.275. The molecule has 1 atom stereocenters. The molecule has 28 heavy (non-hydrogen) atoms. The average molecular weight is 401 g/mol. The third kappa shape index (κ3) is 3.27. The zero-order valence-corrected chi connectivity index (χ0v) is 17.1. The standard InChI is InChI=1S/C20H24N4O3S/c1-14-11-15(2)20(19-18(14)21-27-22-19)28(25,26)23(3)12-16-9-10-24(13-16)17-7-5-4-6-8-17/h4-8,11,16H,9-10,12-13H2,1-3H3. The number of hydrogen-bond acceptors (Lipinski definition) is 6. The van der Waals surface area contributed by atoms with Crippen LogP contribution in [0.3, 0.4) is 0 Å². The van der Waals surface area contributed by atoms with Crippen molar-refractivity contribution in [2.75, 3.05) is 31.6 Å². The van der Waals surface area contributed by atoms with Crippen molar-refractivity contribution < 1.29 is 13.0 Å². The summed E-state index contributed by atoms with van der Waals surface area (Å²) in [5.41, 5.74) is 3.49. The molecule has 0 aliphatic carbocycles. The molecule has 0 radical (unpaired) electrons. The van der Waals surface area contributed by atoms with Gasteiger partial charge in [0.05, 0.1) is 0 Å². The number of aryl methyl sites for hydroxylation is 2. The molecule has 7 nitrogen and oxygen atoms in total. The molecule has 1 aliphatic heterocycles. The monoisotopic (exact) mass is 400 g/mol. The van der Waals surface area contributed by atoms with Gasteiger partial charge >= 0.3 is 0 Å². The quantitative estimate of drug-likeness (QED) is 0.655. The van der Waals surface area contributed by atoms with Crippen molar-refractivity contribution >= 4 is 26.7 Å². The van der Waals surface area contributed by atoms with Crippen LogP contribution in [-0.2, 0) is 10.0 Å². The van der Waals surface area contributed by atoms with Crippen molar-refractivity contribution in [3.63, 3.8) is 0 Å². The second-order valence-electron chi connectivity index (χ2n) is 7.52. The predicted octanol–water partition coefficient (Wildman–Crippen LogP) is 2.99. The summed E-state index contributed by atoms with van der Waals surface area (Å²) >= 11 is 0. The summed E-state index contributed by atoms with van der Waals surface area (Å²) in [6.45, 7) is 5.90. The Morgan fingerprint density at radius 2 is 1.86 bits per heavy atom. The fraction of sp³-hybridized carbons (Fsp3) is 0.400.